The molecule has 3 rings (SSSR count). The van der Waals surface area contributed by atoms with Gasteiger partial charge in [0.05, 0.1) is 13.2 Å². The summed E-state index contributed by atoms with van der Waals surface area (Å²) in [5, 5.41) is 3.27. The molecule has 5 nitrogen and oxygen atoms in total. The molecule has 1 aliphatic heterocycles. The summed E-state index contributed by atoms with van der Waals surface area (Å²) in [5.74, 6) is 0.744. The molecule has 2 heterocycles. The quantitative estimate of drug-likeness (QED) is 0.831. The number of hydrogen-bond donors (Lipinski definition) is 2. The Balaban J connectivity index is 1.60. The largest absolute Gasteiger partial charge is 0.460 e. The topological polar surface area (TPSA) is 56.3 Å². The van der Waals surface area contributed by atoms with Gasteiger partial charge in [-0.05, 0) is 17.7 Å². The van der Waals surface area contributed by atoms with E-state index in [0.717, 1.165) is 42.3 Å². The van der Waals surface area contributed by atoms with E-state index in [9.17, 15) is 0 Å². The molecule has 0 saturated carbocycles. The third-order valence-electron chi connectivity index (χ3n) is 3.53. The zero-order valence-corrected chi connectivity index (χ0v) is 13.1. The van der Waals surface area contributed by atoms with E-state index < -0.39 is 0 Å². The van der Waals surface area contributed by atoms with Crippen LogP contribution in [0.15, 0.2) is 41.4 Å². The normalized spacial score (nSPS) is 15.5. The molecule has 0 atom stereocenters. The Morgan fingerprint density at radius 2 is 2.05 bits per heavy atom. The Morgan fingerprint density at radius 3 is 2.86 bits per heavy atom. The van der Waals surface area contributed by atoms with Crippen LogP contribution in [0.1, 0.15) is 18.4 Å². The summed E-state index contributed by atoms with van der Waals surface area (Å²) in [7, 11) is 0. The standard InChI is InChI=1S/C16H19N3O2S/c22-14-4-2-1-3-12(14)11-18-15-5-8-17-16(19-15)21-13-6-9-20-10-7-13/h1-5,8,13,22H,6-7,9-11H2,(H,17,18,19). The van der Waals surface area contributed by atoms with E-state index in [2.05, 4.69) is 27.9 Å². The van der Waals surface area contributed by atoms with Crippen LogP contribution in [0, 0.1) is 0 Å². The zero-order valence-electron chi connectivity index (χ0n) is 12.2. The molecule has 22 heavy (non-hydrogen) atoms. The van der Waals surface area contributed by atoms with Gasteiger partial charge in [0, 0.05) is 30.5 Å². The Morgan fingerprint density at radius 1 is 1.23 bits per heavy atom. The number of aromatic nitrogens is 2. The highest BCUT2D eigenvalue weighted by Crippen LogP contribution is 2.17. The van der Waals surface area contributed by atoms with Crippen molar-refractivity contribution in [3.05, 3.63) is 42.1 Å². The maximum absolute atomic E-state index is 5.81. The summed E-state index contributed by atoms with van der Waals surface area (Å²) in [6.07, 6.45) is 3.61. The molecule has 1 aromatic heterocycles. The van der Waals surface area contributed by atoms with Crippen molar-refractivity contribution in [1.82, 2.24) is 9.97 Å². The lowest BCUT2D eigenvalue weighted by Gasteiger charge is -2.22. The molecule has 1 N–H and O–H groups in total. The molecule has 1 aliphatic rings. The molecule has 0 amide bonds. The predicted octanol–water partition coefficient (Wildman–Crippen LogP) is 2.94. The van der Waals surface area contributed by atoms with Crippen molar-refractivity contribution in [2.24, 2.45) is 0 Å². The molecular formula is C16H19N3O2S. The number of thiol groups is 1. The van der Waals surface area contributed by atoms with Gasteiger partial charge in [0.1, 0.15) is 11.9 Å². The van der Waals surface area contributed by atoms with Crippen LogP contribution in [-0.4, -0.2) is 29.3 Å². The molecule has 0 unspecified atom stereocenters. The minimum Gasteiger partial charge on any atom is -0.460 e. The van der Waals surface area contributed by atoms with Crippen LogP contribution >= 0.6 is 12.6 Å². The van der Waals surface area contributed by atoms with Crippen LogP contribution in [0.3, 0.4) is 0 Å². The molecule has 0 radical (unpaired) electrons. The first-order chi connectivity index (χ1) is 10.8. The maximum Gasteiger partial charge on any atom is 0.318 e. The van der Waals surface area contributed by atoms with Gasteiger partial charge in [0.2, 0.25) is 0 Å². The molecule has 0 bridgehead atoms. The summed E-state index contributed by atoms with van der Waals surface area (Å²) < 4.78 is 11.1. The van der Waals surface area contributed by atoms with Gasteiger partial charge in [-0.25, -0.2) is 4.98 Å². The lowest BCUT2D eigenvalue weighted by molar-refractivity contribution is 0.0217. The number of anilines is 1. The first-order valence-corrected chi connectivity index (χ1v) is 7.84. The van der Waals surface area contributed by atoms with Crippen molar-refractivity contribution in [3.63, 3.8) is 0 Å². The van der Waals surface area contributed by atoms with E-state index in [0.29, 0.717) is 12.6 Å². The van der Waals surface area contributed by atoms with Gasteiger partial charge in [-0.3, -0.25) is 0 Å². The molecule has 1 aromatic carbocycles. The van der Waals surface area contributed by atoms with Crippen molar-refractivity contribution in [2.75, 3.05) is 18.5 Å². The van der Waals surface area contributed by atoms with Gasteiger partial charge in [0.25, 0.3) is 0 Å². The average Bonchev–Trinajstić information content (AvgIpc) is 2.55. The Bertz CT molecular complexity index is 618. The summed E-state index contributed by atoms with van der Waals surface area (Å²) >= 11 is 4.44. The van der Waals surface area contributed by atoms with Gasteiger partial charge in [-0.1, -0.05) is 18.2 Å². The Kier molecular flexibility index (Phi) is 5.13. The van der Waals surface area contributed by atoms with Crippen LogP contribution in [0.4, 0.5) is 5.82 Å². The first kappa shape index (κ1) is 15.1. The summed E-state index contributed by atoms with van der Waals surface area (Å²) in [5.41, 5.74) is 1.12. The van der Waals surface area contributed by atoms with E-state index >= 15 is 0 Å². The fraction of sp³-hybridized carbons (Fsp3) is 0.375. The van der Waals surface area contributed by atoms with Crippen LogP contribution in [0.25, 0.3) is 0 Å². The minimum atomic E-state index is 0.141. The fourth-order valence-corrected chi connectivity index (χ4v) is 2.52. The zero-order chi connectivity index (χ0) is 15.2. The second-order valence-electron chi connectivity index (χ2n) is 5.14. The highest BCUT2D eigenvalue weighted by atomic mass is 32.1. The molecule has 2 aromatic rings. The van der Waals surface area contributed by atoms with Crippen molar-refractivity contribution in [3.8, 4) is 6.01 Å². The van der Waals surface area contributed by atoms with Gasteiger partial charge < -0.3 is 14.8 Å². The van der Waals surface area contributed by atoms with Crippen LogP contribution in [-0.2, 0) is 11.3 Å². The van der Waals surface area contributed by atoms with Crippen molar-refractivity contribution >= 4 is 18.4 Å². The lowest BCUT2D eigenvalue weighted by atomic mass is 10.2. The Labute approximate surface area is 135 Å². The highest BCUT2D eigenvalue weighted by molar-refractivity contribution is 7.80. The van der Waals surface area contributed by atoms with Crippen molar-refractivity contribution < 1.29 is 9.47 Å². The summed E-state index contributed by atoms with van der Waals surface area (Å²) in [6.45, 7) is 2.13. The van der Waals surface area contributed by atoms with Gasteiger partial charge >= 0.3 is 6.01 Å². The molecule has 116 valence electrons. The molecular weight excluding hydrogens is 298 g/mol. The number of rotatable bonds is 5. The number of benzene rings is 1. The van der Waals surface area contributed by atoms with E-state index in [1.807, 2.05) is 30.3 Å². The monoisotopic (exact) mass is 317 g/mol. The van der Waals surface area contributed by atoms with Crippen molar-refractivity contribution in [1.29, 1.82) is 0 Å². The number of nitrogens with zero attached hydrogens (tertiary/aromatic N) is 2. The van der Waals surface area contributed by atoms with Crippen LogP contribution in [0.5, 0.6) is 6.01 Å². The van der Waals surface area contributed by atoms with Gasteiger partial charge in [0.15, 0.2) is 0 Å². The lowest BCUT2D eigenvalue weighted by Crippen LogP contribution is -2.26. The van der Waals surface area contributed by atoms with E-state index in [1.54, 1.807) is 6.20 Å². The highest BCUT2D eigenvalue weighted by Gasteiger charge is 2.16. The van der Waals surface area contributed by atoms with Gasteiger partial charge in [-0.15, -0.1) is 12.6 Å². The molecule has 1 fully saturated rings. The maximum atomic E-state index is 5.81. The van der Waals surface area contributed by atoms with Crippen LogP contribution < -0.4 is 10.1 Å². The molecule has 0 aliphatic carbocycles. The van der Waals surface area contributed by atoms with Gasteiger partial charge in [-0.2, -0.15) is 4.98 Å². The minimum absolute atomic E-state index is 0.141. The van der Waals surface area contributed by atoms with E-state index in [1.165, 1.54) is 0 Å². The fourth-order valence-electron chi connectivity index (χ4n) is 2.29. The third-order valence-corrected chi connectivity index (χ3v) is 3.96. The second-order valence-corrected chi connectivity index (χ2v) is 5.62. The van der Waals surface area contributed by atoms with Crippen molar-refractivity contribution in [2.45, 2.75) is 30.4 Å². The number of nitrogens with one attached hydrogen (secondary N) is 1. The predicted molar refractivity (Wildman–Crippen MR) is 87.5 cm³/mol. The molecule has 0 spiro atoms. The average molecular weight is 317 g/mol. The molecule has 6 heteroatoms. The van der Waals surface area contributed by atoms with E-state index in [4.69, 9.17) is 9.47 Å². The number of ether oxygens (including phenoxy) is 2. The first-order valence-electron chi connectivity index (χ1n) is 7.39. The summed E-state index contributed by atoms with van der Waals surface area (Å²) in [4.78, 5) is 9.54. The second kappa shape index (κ2) is 7.47. The SMILES string of the molecule is Sc1ccccc1CNc1ccnc(OC2CCOCC2)n1. The van der Waals surface area contributed by atoms with E-state index in [-0.39, 0.29) is 6.10 Å². The number of hydrogen-bond acceptors (Lipinski definition) is 6. The summed E-state index contributed by atoms with van der Waals surface area (Å²) in [6, 6.07) is 10.2. The van der Waals surface area contributed by atoms with Crippen LogP contribution in [0.2, 0.25) is 0 Å². The molecule has 1 saturated heterocycles. The smallest absolute Gasteiger partial charge is 0.318 e. The Hall–Kier alpha value is -1.79. The third kappa shape index (κ3) is 4.11.